The van der Waals surface area contributed by atoms with Crippen LogP contribution in [0.5, 0.6) is 0 Å². The summed E-state index contributed by atoms with van der Waals surface area (Å²) in [7, 11) is 0. The molecule has 7 atom stereocenters. The number of esters is 4. The molecule has 3 fully saturated rings. The quantitative estimate of drug-likeness (QED) is 0.211. The Balaban J connectivity index is 1.57. The predicted octanol–water partition coefficient (Wildman–Crippen LogP) is 2.66. The summed E-state index contributed by atoms with van der Waals surface area (Å²) < 4.78 is 35.4. The van der Waals surface area contributed by atoms with E-state index in [1.54, 1.807) is 6.92 Å². The number of ether oxygens (including phenoxy) is 6. The smallest absolute Gasteiger partial charge is 0.331 e. The van der Waals surface area contributed by atoms with Crippen molar-refractivity contribution in [2.24, 2.45) is 10.8 Å². The second-order valence-corrected chi connectivity index (χ2v) is 11.2. The summed E-state index contributed by atoms with van der Waals surface area (Å²) in [5.41, 5.74) is -0.971. The van der Waals surface area contributed by atoms with Crippen LogP contribution in [0.15, 0.2) is 47.6 Å². The zero-order valence-corrected chi connectivity index (χ0v) is 22.6. The zero-order chi connectivity index (χ0) is 28.0. The number of hydrogen-bond donors (Lipinski definition) is 0. The van der Waals surface area contributed by atoms with E-state index < -0.39 is 58.6 Å². The molecule has 0 aromatic heterocycles. The van der Waals surface area contributed by atoms with Crippen molar-refractivity contribution >= 4 is 23.9 Å². The fourth-order valence-corrected chi connectivity index (χ4v) is 6.78. The van der Waals surface area contributed by atoms with Crippen molar-refractivity contribution in [3.8, 4) is 0 Å². The van der Waals surface area contributed by atoms with Crippen LogP contribution in [0.3, 0.4) is 0 Å². The van der Waals surface area contributed by atoms with Crippen LogP contribution < -0.4 is 0 Å². The summed E-state index contributed by atoms with van der Waals surface area (Å²) in [4.78, 5) is 49.8. The number of cyclic esters (lactones) is 2. The topological polar surface area (TPSA) is 127 Å². The van der Waals surface area contributed by atoms with E-state index in [2.05, 4.69) is 0 Å². The third kappa shape index (κ3) is 4.63. The first-order valence-electron chi connectivity index (χ1n) is 13.2. The van der Waals surface area contributed by atoms with Crippen molar-refractivity contribution < 1.29 is 47.6 Å². The second kappa shape index (κ2) is 10.1. The molecule has 2 saturated heterocycles. The first kappa shape index (κ1) is 27.3. The van der Waals surface area contributed by atoms with Crippen molar-refractivity contribution in [3.63, 3.8) is 0 Å². The van der Waals surface area contributed by atoms with Gasteiger partial charge in [-0.1, -0.05) is 30.7 Å². The van der Waals surface area contributed by atoms with Gasteiger partial charge >= 0.3 is 23.9 Å². The standard InChI is InChI=1S/C29H34O10/c1-17-9-10-34-24(31)7-5-6-8-25(32)39-21-13-23-29(16-36-29)27(21,4)28(15-35-26(33)11-17)14-20(37-19(3)30)18(2)12-22(28)38-23/h5-8,11-12,20-23H,9-10,13-16H2,1-4H3. The fraction of sp³-hybridized carbons (Fsp3) is 0.586. The number of epoxide rings is 1. The lowest BCUT2D eigenvalue weighted by Gasteiger charge is -2.59. The average Bonchev–Trinajstić information content (AvgIpc) is 3.64. The number of hydrogen-bond acceptors (Lipinski definition) is 10. The van der Waals surface area contributed by atoms with Gasteiger partial charge in [0.2, 0.25) is 0 Å². The van der Waals surface area contributed by atoms with Crippen LogP contribution in [0.25, 0.3) is 0 Å². The van der Waals surface area contributed by atoms with Gasteiger partial charge in [-0.25, -0.2) is 14.4 Å². The number of carbonyl (C=O) groups is 4. The third-order valence-corrected chi connectivity index (χ3v) is 9.01. The first-order chi connectivity index (χ1) is 18.5. The minimum Gasteiger partial charge on any atom is -0.462 e. The molecule has 5 aliphatic rings. The van der Waals surface area contributed by atoms with E-state index in [0.29, 0.717) is 31.4 Å². The van der Waals surface area contributed by atoms with Crippen molar-refractivity contribution in [1.29, 1.82) is 0 Å². The summed E-state index contributed by atoms with van der Waals surface area (Å²) in [6.45, 7) is 7.41. The van der Waals surface area contributed by atoms with Crippen LogP contribution in [0.4, 0.5) is 0 Å². The second-order valence-electron chi connectivity index (χ2n) is 11.2. The lowest BCUT2D eigenvalue weighted by molar-refractivity contribution is -0.239. The zero-order valence-electron chi connectivity index (χ0n) is 22.6. The Morgan fingerprint density at radius 2 is 1.72 bits per heavy atom. The van der Waals surface area contributed by atoms with E-state index in [0.717, 1.165) is 5.57 Å². The average molecular weight is 543 g/mol. The molecule has 0 aromatic carbocycles. The highest BCUT2D eigenvalue weighted by Gasteiger charge is 2.83. The van der Waals surface area contributed by atoms with Crippen molar-refractivity contribution in [2.75, 3.05) is 19.8 Å². The summed E-state index contributed by atoms with van der Waals surface area (Å²) >= 11 is 0. The number of rotatable bonds is 1. The fourth-order valence-electron chi connectivity index (χ4n) is 6.78. The molecule has 1 saturated carbocycles. The Bertz CT molecular complexity index is 1190. The molecule has 39 heavy (non-hydrogen) atoms. The molecule has 0 N–H and O–H groups in total. The van der Waals surface area contributed by atoms with Crippen molar-refractivity contribution in [1.82, 2.24) is 0 Å². The van der Waals surface area contributed by atoms with Gasteiger partial charge in [-0.2, -0.15) is 0 Å². The van der Waals surface area contributed by atoms with Gasteiger partial charge in [-0.05, 0) is 19.4 Å². The molecule has 0 radical (unpaired) electrons. The van der Waals surface area contributed by atoms with Gasteiger partial charge in [0.1, 0.15) is 24.4 Å². The normalized spacial score (nSPS) is 40.3. The molecule has 2 bridgehead atoms. The lowest BCUT2D eigenvalue weighted by Crippen LogP contribution is -2.68. The molecule has 5 rings (SSSR count). The van der Waals surface area contributed by atoms with E-state index in [1.165, 1.54) is 37.3 Å². The Labute approximate surface area is 226 Å². The predicted molar refractivity (Wildman–Crippen MR) is 135 cm³/mol. The Kier molecular flexibility index (Phi) is 7.05. The molecule has 3 aliphatic heterocycles. The Morgan fingerprint density at radius 1 is 1.00 bits per heavy atom. The van der Waals surface area contributed by atoms with Crippen LogP contribution >= 0.6 is 0 Å². The van der Waals surface area contributed by atoms with Crippen LogP contribution in [0.2, 0.25) is 0 Å². The summed E-state index contributed by atoms with van der Waals surface area (Å²) in [6.07, 6.45) is 7.59. The third-order valence-electron chi connectivity index (χ3n) is 9.01. The molecule has 0 amide bonds. The highest BCUT2D eigenvalue weighted by molar-refractivity contribution is 5.85. The molecule has 2 aliphatic carbocycles. The summed E-state index contributed by atoms with van der Waals surface area (Å²) in [5, 5.41) is 0. The summed E-state index contributed by atoms with van der Waals surface area (Å²) in [5.74, 6) is -2.15. The SMILES string of the molecule is CC(=O)OC1CC23COC(=O)C=C(C)CCOC(=O)C=CC=CC(=O)OC4CC(OC2C=C1C)C1(CO1)C43C. The molecule has 10 heteroatoms. The molecule has 7 unspecified atom stereocenters. The first-order valence-corrected chi connectivity index (χ1v) is 13.2. The van der Waals surface area contributed by atoms with Crippen LogP contribution in [0.1, 0.15) is 47.0 Å². The number of carbonyl (C=O) groups excluding carboxylic acids is 4. The van der Waals surface area contributed by atoms with Gasteiger partial charge in [0.25, 0.3) is 0 Å². The summed E-state index contributed by atoms with van der Waals surface area (Å²) in [6, 6.07) is 0. The van der Waals surface area contributed by atoms with E-state index in [9.17, 15) is 19.2 Å². The van der Waals surface area contributed by atoms with Gasteiger partial charge in [0.05, 0.1) is 36.3 Å². The van der Waals surface area contributed by atoms with E-state index in [1.807, 2.05) is 19.9 Å². The lowest BCUT2D eigenvalue weighted by atomic mass is 9.51. The molecule has 210 valence electrons. The maximum Gasteiger partial charge on any atom is 0.331 e. The van der Waals surface area contributed by atoms with Crippen molar-refractivity contribution in [2.45, 2.75) is 77.0 Å². The number of allylic oxidation sites excluding steroid dienone is 2. The maximum absolute atomic E-state index is 13.0. The largest absolute Gasteiger partial charge is 0.462 e. The molecular weight excluding hydrogens is 508 g/mol. The van der Waals surface area contributed by atoms with Gasteiger partial charge in [0.15, 0.2) is 0 Å². The molecule has 3 heterocycles. The monoisotopic (exact) mass is 542 g/mol. The molecule has 0 aromatic rings. The van der Waals surface area contributed by atoms with Crippen LogP contribution in [-0.4, -0.2) is 73.7 Å². The minimum atomic E-state index is -0.928. The highest BCUT2D eigenvalue weighted by atomic mass is 16.6. The van der Waals surface area contributed by atoms with E-state index in [-0.39, 0.29) is 19.3 Å². The van der Waals surface area contributed by atoms with Gasteiger partial charge in [0, 0.05) is 44.4 Å². The van der Waals surface area contributed by atoms with Gasteiger partial charge < -0.3 is 28.4 Å². The highest BCUT2D eigenvalue weighted by Crippen LogP contribution is 2.72. The van der Waals surface area contributed by atoms with Crippen LogP contribution in [0, 0.1) is 10.8 Å². The van der Waals surface area contributed by atoms with Gasteiger partial charge in [-0.15, -0.1) is 0 Å². The minimum absolute atomic E-state index is 0.0717. The maximum atomic E-state index is 13.0. The Morgan fingerprint density at radius 3 is 2.41 bits per heavy atom. The van der Waals surface area contributed by atoms with E-state index in [4.69, 9.17) is 28.4 Å². The van der Waals surface area contributed by atoms with Gasteiger partial charge in [-0.3, -0.25) is 4.79 Å². The molecule has 10 nitrogen and oxygen atoms in total. The Hall–Kier alpha value is -3.24. The van der Waals surface area contributed by atoms with Crippen LogP contribution in [-0.2, 0) is 47.6 Å². The molecule has 2 spiro atoms. The molecular formula is C29H34O10. The van der Waals surface area contributed by atoms with Crippen molar-refractivity contribution in [3.05, 3.63) is 47.6 Å². The van der Waals surface area contributed by atoms with E-state index >= 15 is 0 Å².